The largest absolute Gasteiger partial charge is 0.192 e. The van der Waals surface area contributed by atoms with Gasteiger partial charge in [-0.25, -0.2) is 0 Å². The van der Waals surface area contributed by atoms with E-state index in [0.29, 0.717) is 5.57 Å². The molecule has 0 unspecified atom stereocenters. The van der Waals surface area contributed by atoms with Gasteiger partial charge in [0.15, 0.2) is 0 Å². The van der Waals surface area contributed by atoms with Crippen LogP contribution in [0.1, 0.15) is 13.3 Å². The van der Waals surface area contributed by atoms with Crippen LogP contribution in [0, 0.1) is 11.3 Å². The molecule has 1 aliphatic carbocycles. The summed E-state index contributed by atoms with van der Waals surface area (Å²) in [6.07, 6.45) is 8.48. The Morgan fingerprint density at radius 2 is 2.17 bits per heavy atom. The van der Waals surface area contributed by atoms with Crippen molar-refractivity contribution in [2.24, 2.45) is 0 Å². The first kappa shape index (κ1) is 8.55. The molecule has 0 radical (unpaired) electrons. The lowest BCUT2D eigenvalue weighted by atomic mass is 10.0. The van der Waals surface area contributed by atoms with E-state index in [2.05, 4.69) is 18.7 Å². The van der Waals surface area contributed by atoms with Gasteiger partial charge in [0.1, 0.15) is 0 Å². The molecule has 0 saturated carbocycles. The summed E-state index contributed by atoms with van der Waals surface area (Å²) in [7, 11) is 0. The molecule has 0 heterocycles. The van der Waals surface area contributed by atoms with Gasteiger partial charge in [-0.3, -0.25) is 0 Å². The zero-order valence-corrected chi connectivity index (χ0v) is 7.17. The van der Waals surface area contributed by atoms with Crippen LogP contribution in [0.4, 0.5) is 0 Å². The normalized spacial score (nSPS) is 24.2. The summed E-state index contributed by atoms with van der Waals surface area (Å²) in [4.78, 5) is 0. The van der Waals surface area contributed by atoms with Crippen LogP contribution in [0.5, 0.6) is 0 Å². The van der Waals surface area contributed by atoms with E-state index < -0.39 is 0 Å². The molecule has 0 N–H and O–H groups in total. The van der Waals surface area contributed by atoms with E-state index in [9.17, 15) is 0 Å². The Kier molecular flexibility index (Phi) is 2.66. The quantitative estimate of drug-likeness (QED) is 0.530. The highest BCUT2D eigenvalue weighted by Gasteiger charge is 1.96. The predicted octanol–water partition coefficient (Wildman–Crippen LogP) is 2.90. The SMILES string of the molecule is C=C1/C=C\C(C#N)=C/CC=C1C. The third kappa shape index (κ3) is 1.96. The van der Waals surface area contributed by atoms with Crippen LogP contribution in [-0.2, 0) is 0 Å². The second-order valence-corrected chi connectivity index (χ2v) is 2.75. The fourth-order valence-electron chi connectivity index (χ4n) is 0.967. The molecule has 0 aromatic rings. The second-order valence-electron chi connectivity index (χ2n) is 2.75. The molecule has 0 amide bonds. The van der Waals surface area contributed by atoms with Crippen LogP contribution in [0.2, 0.25) is 0 Å². The highest BCUT2D eigenvalue weighted by atomic mass is 14.2. The van der Waals surface area contributed by atoms with Crippen LogP contribution in [0.3, 0.4) is 0 Å². The molecule has 1 rings (SSSR count). The van der Waals surface area contributed by atoms with Gasteiger partial charge in [-0.15, -0.1) is 0 Å². The number of hydrogen-bond donors (Lipinski definition) is 0. The maximum Gasteiger partial charge on any atom is 0.0988 e. The number of nitriles is 1. The summed E-state index contributed by atoms with van der Waals surface area (Å²) in [5.41, 5.74) is 2.87. The summed E-state index contributed by atoms with van der Waals surface area (Å²) < 4.78 is 0. The van der Waals surface area contributed by atoms with Gasteiger partial charge in [0, 0.05) is 5.57 Å². The molecule has 0 saturated heterocycles. The van der Waals surface area contributed by atoms with E-state index >= 15 is 0 Å². The molecule has 0 aromatic carbocycles. The number of rotatable bonds is 0. The second kappa shape index (κ2) is 3.73. The molecular weight excluding hydrogens is 146 g/mol. The van der Waals surface area contributed by atoms with E-state index in [4.69, 9.17) is 5.26 Å². The van der Waals surface area contributed by atoms with Crippen molar-refractivity contribution >= 4 is 0 Å². The minimum atomic E-state index is 0.708. The van der Waals surface area contributed by atoms with Gasteiger partial charge in [-0.1, -0.05) is 24.8 Å². The van der Waals surface area contributed by atoms with Gasteiger partial charge in [-0.05, 0) is 30.6 Å². The Labute approximate surface area is 73.0 Å². The van der Waals surface area contributed by atoms with Crippen molar-refractivity contribution in [1.29, 1.82) is 5.26 Å². The first-order chi connectivity index (χ1) is 5.74. The first-order valence-electron chi connectivity index (χ1n) is 3.88. The van der Waals surface area contributed by atoms with Crippen LogP contribution >= 0.6 is 0 Å². The molecule has 0 aromatic heterocycles. The monoisotopic (exact) mass is 157 g/mol. The van der Waals surface area contributed by atoms with E-state index in [1.807, 2.05) is 19.1 Å². The summed E-state index contributed by atoms with van der Waals surface area (Å²) in [5, 5.41) is 8.64. The summed E-state index contributed by atoms with van der Waals surface area (Å²) in [6.45, 7) is 5.90. The lowest BCUT2D eigenvalue weighted by Gasteiger charge is -2.01. The molecule has 0 fully saturated rings. The first-order valence-corrected chi connectivity index (χ1v) is 3.88. The van der Waals surface area contributed by atoms with Gasteiger partial charge in [-0.2, -0.15) is 5.26 Å². The van der Waals surface area contributed by atoms with Crippen molar-refractivity contribution in [2.75, 3.05) is 0 Å². The van der Waals surface area contributed by atoms with Gasteiger partial charge in [0.2, 0.25) is 0 Å². The maximum atomic E-state index is 8.64. The Balaban J connectivity index is 2.97. The van der Waals surface area contributed by atoms with Gasteiger partial charge in [0.05, 0.1) is 6.07 Å². The molecule has 0 atom stereocenters. The predicted molar refractivity (Wildman–Crippen MR) is 50.4 cm³/mol. The highest BCUT2D eigenvalue weighted by molar-refractivity contribution is 5.44. The Morgan fingerprint density at radius 1 is 1.42 bits per heavy atom. The van der Waals surface area contributed by atoms with E-state index in [1.54, 1.807) is 6.08 Å². The lowest BCUT2D eigenvalue weighted by Crippen LogP contribution is -1.83. The topological polar surface area (TPSA) is 23.8 Å². The fraction of sp³-hybridized carbons (Fsp3) is 0.182. The standard InChI is InChI=1S/C11H11N/c1-9-4-3-5-11(8-12)7-6-10(9)2/h4-7H,2-3H2,1H3/b7-6-,9-4?,11-5+. The highest BCUT2D eigenvalue weighted by Crippen LogP contribution is 2.14. The average molecular weight is 157 g/mol. The molecular formula is C11H11N. The number of nitrogens with zero attached hydrogens (tertiary/aromatic N) is 1. The minimum Gasteiger partial charge on any atom is -0.192 e. The van der Waals surface area contributed by atoms with Crippen molar-refractivity contribution in [3.8, 4) is 6.07 Å². The smallest absolute Gasteiger partial charge is 0.0988 e. The third-order valence-electron chi connectivity index (χ3n) is 1.86. The van der Waals surface area contributed by atoms with Gasteiger partial charge >= 0.3 is 0 Å². The molecule has 0 spiro atoms. The lowest BCUT2D eigenvalue weighted by molar-refractivity contribution is 1.28. The van der Waals surface area contributed by atoms with Gasteiger partial charge in [0.25, 0.3) is 0 Å². The maximum absolute atomic E-state index is 8.64. The van der Waals surface area contributed by atoms with Crippen molar-refractivity contribution < 1.29 is 0 Å². The van der Waals surface area contributed by atoms with Crippen LogP contribution in [0.15, 0.2) is 47.6 Å². The van der Waals surface area contributed by atoms with Crippen molar-refractivity contribution in [1.82, 2.24) is 0 Å². The van der Waals surface area contributed by atoms with E-state index in [-0.39, 0.29) is 0 Å². The fourth-order valence-corrected chi connectivity index (χ4v) is 0.967. The molecule has 12 heavy (non-hydrogen) atoms. The number of allylic oxidation sites excluding steroid dienone is 7. The Hall–Kier alpha value is -1.55. The third-order valence-corrected chi connectivity index (χ3v) is 1.86. The molecule has 1 aliphatic rings. The molecule has 60 valence electrons. The van der Waals surface area contributed by atoms with Crippen LogP contribution in [0.25, 0.3) is 0 Å². The summed E-state index contributed by atoms with van der Waals surface area (Å²) in [5.74, 6) is 0. The molecule has 1 nitrogen and oxygen atoms in total. The zero-order valence-electron chi connectivity index (χ0n) is 7.17. The summed E-state index contributed by atoms with van der Waals surface area (Å²) in [6, 6.07) is 2.11. The average Bonchev–Trinajstić information content (AvgIpc) is 2.07. The molecule has 1 heteroatoms. The van der Waals surface area contributed by atoms with Crippen molar-refractivity contribution in [3.05, 3.63) is 47.6 Å². The van der Waals surface area contributed by atoms with Crippen LogP contribution < -0.4 is 0 Å². The molecule has 0 aliphatic heterocycles. The Bertz CT molecular complexity index is 321. The van der Waals surface area contributed by atoms with E-state index in [0.717, 1.165) is 12.0 Å². The van der Waals surface area contributed by atoms with Crippen LogP contribution in [-0.4, -0.2) is 0 Å². The zero-order chi connectivity index (χ0) is 8.97. The number of hydrogen-bond acceptors (Lipinski definition) is 1. The Morgan fingerprint density at radius 3 is 2.83 bits per heavy atom. The summed E-state index contributed by atoms with van der Waals surface area (Å²) >= 11 is 0. The minimum absolute atomic E-state index is 0.708. The van der Waals surface area contributed by atoms with Crippen molar-refractivity contribution in [3.63, 3.8) is 0 Å². The van der Waals surface area contributed by atoms with Gasteiger partial charge < -0.3 is 0 Å². The molecule has 0 bridgehead atoms. The van der Waals surface area contributed by atoms with Crippen molar-refractivity contribution in [2.45, 2.75) is 13.3 Å². The van der Waals surface area contributed by atoms with E-state index in [1.165, 1.54) is 5.57 Å².